The van der Waals surface area contributed by atoms with E-state index in [0.29, 0.717) is 19.7 Å². The van der Waals surface area contributed by atoms with E-state index in [-0.39, 0.29) is 12.0 Å². The average molecular weight is 343 g/mol. The van der Waals surface area contributed by atoms with Gasteiger partial charge < -0.3 is 19.5 Å². The third kappa shape index (κ3) is 3.37. The number of ether oxygens (including phenoxy) is 2. The molecule has 132 valence electrons. The molecule has 25 heavy (non-hydrogen) atoms. The standard InChI is InChI=1S/C18H21N3O4/c22-18(23)21-6-3-12(4-7-21)17-15-2-1-13(9-16(15)19-11-20-17)25-14-5-8-24-10-14/h1-2,9,11-12,14H,3-8,10H2,(H,22,23)/t14-/m1/s1. The fourth-order valence-corrected chi connectivity index (χ4v) is 3.60. The van der Waals surface area contributed by atoms with E-state index in [9.17, 15) is 4.79 Å². The van der Waals surface area contributed by atoms with E-state index in [1.807, 2.05) is 18.2 Å². The number of aromatic nitrogens is 2. The summed E-state index contributed by atoms with van der Waals surface area (Å²) in [6, 6.07) is 5.92. The monoisotopic (exact) mass is 343 g/mol. The van der Waals surface area contributed by atoms with Crippen molar-refractivity contribution in [3.05, 3.63) is 30.2 Å². The highest BCUT2D eigenvalue weighted by Gasteiger charge is 2.25. The predicted octanol–water partition coefficient (Wildman–Crippen LogP) is 2.65. The van der Waals surface area contributed by atoms with Gasteiger partial charge in [-0.15, -0.1) is 0 Å². The lowest BCUT2D eigenvalue weighted by atomic mass is 9.91. The van der Waals surface area contributed by atoms with E-state index in [0.717, 1.165) is 48.2 Å². The Hall–Kier alpha value is -2.41. The van der Waals surface area contributed by atoms with Crippen LogP contribution in [0.25, 0.3) is 10.9 Å². The first-order chi connectivity index (χ1) is 12.2. The summed E-state index contributed by atoms with van der Waals surface area (Å²) in [5, 5.41) is 10.1. The molecule has 2 aliphatic rings. The molecule has 0 bridgehead atoms. The van der Waals surface area contributed by atoms with E-state index < -0.39 is 6.09 Å². The Labute approximate surface area is 145 Å². The second kappa shape index (κ2) is 6.84. The third-order valence-corrected chi connectivity index (χ3v) is 4.98. The minimum Gasteiger partial charge on any atom is -0.488 e. The fourth-order valence-electron chi connectivity index (χ4n) is 3.60. The van der Waals surface area contributed by atoms with Crippen LogP contribution in [0.3, 0.4) is 0 Å². The zero-order chi connectivity index (χ0) is 17.2. The lowest BCUT2D eigenvalue weighted by molar-refractivity contribution is 0.132. The highest BCUT2D eigenvalue weighted by atomic mass is 16.5. The van der Waals surface area contributed by atoms with Gasteiger partial charge in [-0.25, -0.2) is 14.8 Å². The minimum absolute atomic E-state index is 0.110. The first-order valence-electron chi connectivity index (χ1n) is 8.67. The molecule has 1 atom stereocenters. The summed E-state index contributed by atoms with van der Waals surface area (Å²) in [5.74, 6) is 1.06. The van der Waals surface area contributed by atoms with E-state index in [4.69, 9.17) is 14.6 Å². The predicted molar refractivity (Wildman–Crippen MR) is 91.0 cm³/mol. The molecule has 2 aromatic rings. The first kappa shape index (κ1) is 16.1. The second-order valence-electron chi connectivity index (χ2n) is 6.59. The molecule has 1 amide bonds. The van der Waals surface area contributed by atoms with Gasteiger partial charge in [0.25, 0.3) is 0 Å². The molecule has 0 aliphatic carbocycles. The highest BCUT2D eigenvalue weighted by Crippen LogP contribution is 2.32. The number of hydrogen-bond donors (Lipinski definition) is 1. The number of benzene rings is 1. The molecule has 7 nitrogen and oxygen atoms in total. The number of amides is 1. The van der Waals surface area contributed by atoms with Gasteiger partial charge in [-0.3, -0.25) is 0 Å². The summed E-state index contributed by atoms with van der Waals surface area (Å²) < 4.78 is 11.3. The lowest BCUT2D eigenvalue weighted by Crippen LogP contribution is -2.37. The first-order valence-corrected chi connectivity index (χ1v) is 8.67. The van der Waals surface area contributed by atoms with E-state index >= 15 is 0 Å². The Morgan fingerprint density at radius 1 is 1.24 bits per heavy atom. The topological polar surface area (TPSA) is 84.8 Å². The molecule has 7 heteroatoms. The van der Waals surface area contributed by atoms with Crippen molar-refractivity contribution < 1.29 is 19.4 Å². The molecule has 0 spiro atoms. The van der Waals surface area contributed by atoms with Gasteiger partial charge in [-0.05, 0) is 25.0 Å². The zero-order valence-corrected chi connectivity index (χ0v) is 13.9. The van der Waals surface area contributed by atoms with Crippen LogP contribution in [-0.4, -0.2) is 58.5 Å². The van der Waals surface area contributed by atoms with Gasteiger partial charge in [0, 0.05) is 36.9 Å². The van der Waals surface area contributed by atoms with Crippen molar-refractivity contribution >= 4 is 17.0 Å². The van der Waals surface area contributed by atoms with Crippen LogP contribution in [0.1, 0.15) is 30.9 Å². The molecule has 0 unspecified atom stereocenters. The SMILES string of the molecule is O=C(O)N1CCC(c2ncnc3cc(O[C@@H]4CCOC4)ccc23)CC1. The average Bonchev–Trinajstić information content (AvgIpc) is 3.14. The highest BCUT2D eigenvalue weighted by molar-refractivity contribution is 5.82. The van der Waals surface area contributed by atoms with Gasteiger partial charge in [0.1, 0.15) is 18.2 Å². The van der Waals surface area contributed by atoms with Crippen molar-refractivity contribution in [1.82, 2.24) is 14.9 Å². The molecule has 4 rings (SSSR count). The summed E-state index contributed by atoms with van der Waals surface area (Å²) in [6.45, 7) is 2.48. The number of fused-ring (bicyclic) bond motifs is 1. The molecule has 1 aromatic carbocycles. The Morgan fingerprint density at radius 3 is 2.80 bits per heavy atom. The molecular formula is C18H21N3O4. The van der Waals surface area contributed by atoms with Gasteiger partial charge in [0.05, 0.1) is 24.4 Å². The number of nitrogens with zero attached hydrogens (tertiary/aromatic N) is 3. The molecule has 0 saturated carbocycles. The van der Waals surface area contributed by atoms with Gasteiger partial charge in [0.2, 0.25) is 0 Å². The summed E-state index contributed by atoms with van der Waals surface area (Å²) in [6.07, 6.45) is 3.34. The van der Waals surface area contributed by atoms with Crippen LogP contribution in [0.5, 0.6) is 5.75 Å². The number of carbonyl (C=O) groups is 1. The summed E-state index contributed by atoms with van der Waals surface area (Å²) >= 11 is 0. The van der Waals surface area contributed by atoms with Crippen molar-refractivity contribution in [3.8, 4) is 5.75 Å². The smallest absolute Gasteiger partial charge is 0.407 e. The van der Waals surface area contributed by atoms with Crippen molar-refractivity contribution in [2.24, 2.45) is 0 Å². The molecule has 3 heterocycles. The van der Waals surface area contributed by atoms with Crippen LogP contribution < -0.4 is 4.74 Å². The maximum Gasteiger partial charge on any atom is 0.407 e. The Balaban J connectivity index is 1.55. The number of rotatable bonds is 3. The van der Waals surface area contributed by atoms with Crippen LogP contribution >= 0.6 is 0 Å². The largest absolute Gasteiger partial charge is 0.488 e. The van der Waals surface area contributed by atoms with Gasteiger partial charge in [0.15, 0.2) is 0 Å². The van der Waals surface area contributed by atoms with Crippen molar-refractivity contribution in [2.75, 3.05) is 26.3 Å². The molecule has 1 N–H and O–H groups in total. The van der Waals surface area contributed by atoms with E-state index in [1.54, 1.807) is 6.33 Å². The van der Waals surface area contributed by atoms with E-state index in [1.165, 1.54) is 4.90 Å². The molecule has 0 radical (unpaired) electrons. The molecule has 2 saturated heterocycles. The fraction of sp³-hybridized carbons (Fsp3) is 0.500. The lowest BCUT2D eigenvalue weighted by Gasteiger charge is -2.30. The Morgan fingerprint density at radius 2 is 2.08 bits per heavy atom. The van der Waals surface area contributed by atoms with Crippen molar-refractivity contribution in [1.29, 1.82) is 0 Å². The normalized spacial score (nSPS) is 21.6. The number of piperidine rings is 1. The molecule has 2 fully saturated rings. The number of carboxylic acid groups (broad SMARTS) is 1. The quantitative estimate of drug-likeness (QED) is 0.922. The van der Waals surface area contributed by atoms with Crippen LogP contribution in [0.2, 0.25) is 0 Å². The molecule has 2 aliphatic heterocycles. The Kier molecular flexibility index (Phi) is 4.40. The Bertz CT molecular complexity index is 768. The van der Waals surface area contributed by atoms with Crippen LogP contribution in [0, 0.1) is 0 Å². The van der Waals surface area contributed by atoms with Crippen molar-refractivity contribution in [3.63, 3.8) is 0 Å². The van der Waals surface area contributed by atoms with Gasteiger partial charge in [-0.1, -0.05) is 0 Å². The summed E-state index contributed by atoms with van der Waals surface area (Å²) in [5.41, 5.74) is 1.87. The van der Waals surface area contributed by atoms with Crippen LogP contribution in [0.4, 0.5) is 4.79 Å². The number of hydrogen-bond acceptors (Lipinski definition) is 5. The van der Waals surface area contributed by atoms with Gasteiger partial charge in [-0.2, -0.15) is 0 Å². The maximum atomic E-state index is 11.1. The molecular weight excluding hydrogens is 322 g/mol. The van der Waals surface area contributed by atoms with E-state index in [2.05, 4.69) is 9.97 Å². The second-order valence-corrected chi connectivity index (χ2v) is 6.59. The minimum atomic E-state index is -0.844. The summed E-state index contributed by atoms with van der Waals surface area (Å²) in [4.78, 5) is 21.4. The zero-order valence-electron chi connectivity index (χ0n) is 13.9. The number of likely N-dealkylation sites (tertiary alicyclic amines) is 1. The van der Waals surface area contributed by atoms with Crippen LogP contribution in [0.15, 0.2) is 24.5 Å². The summed E-state index contributed by atoms with van der Waals surface area (Å²) in [7, 11) is 0. The van der Waals surface area contributed by atoms with Crippen LogP contribution in [-0.2, 0) is 4.74 Å². The van der Waals surface area contributed by atoms with Crippen molar-refractivity contribution in [2.45, 2.75) is 31.3 Å². The molecule has 1 aromatic heterocycles. The van der Waals surface area contributed by atoms with Gasteiger partial charge >= 0.3 is 6.09 Å². The third-order valence-electron chi connectivity index (χ3n) is 4.98. The maximum absolute atomic E-state index is 11.1.